The largest absolute Gasteiger partial charge is 0.494 e. The summed E-state index contributed by atoms with van der Waals surface area (Å²) in [6, 6.07) is 1.21. The number of methoxy groups -OCH3 is 1. The molecule has 3 fully saturated rings. The Morgan fingerprint density at radius 3 is 2.48 bits per heavy atom. The van der Waals surface area contributed by atoms with Crippen molar-refractivity contribution in [2.75, 3.05) is 20.3 Å². The van der Waals surface area contributed by atoms with Crippen LogP contribution in [0.4, 0.5) is 26.7 Å². The Morgan fingerprint density at radius 2 is 1.85 bits per heavy atom. The summed E-state index contributed by atoms with van der Waals surface area (Å²) in [7, 11) is -3.19. The fourth-order valence-corrected chi connectivity index (χ4v) is 9.40. The Hall–Kier alpha value is -4.75. The van der Waals surface area contributed by atoms with Crippen LogP contribution in [0.25, 0.3) is 10.8 Å². The lowest BCUT2D eigenvalue weighted by atomic mass is 9.85. The van der Waals surface area contributed by atoms with Gasteiger partial charge < -0.3 is 29.7 Å². The first-order valence-corrected chi connectivity index (χ1v) is 21.4. The highest BCUT2D eigenvalue weighted by Gasteiger charge is 2.64. The third-order valence-electron chi connectivity index (χ3n) is 12.2. The average molecular weight is 872 g/mol. The van der Waals surface area contributed by atoms with Crippen LogP contribution in [-0.2, 0) is 29.1 Å². The highest BCUT2D eigenvalue weighted by Crippen LogP contribution is 2.48. The Kier molecular flexibility index (Phi) is 12.4. The number of sulfonamides is 1. The monoisotopic (exact) mass is 871 g/mol. The van der Waals surface area contributed by atoms with E-state index in [1.54, 1.807) is 25.1 Å². The van der Waals surface area contributed by atoms with Crippen LogP contribution in [0, 0.1) is 23.6 Å². The molecule has 4 amide bonds. The molecule has 330 valence electrons. The summed E-state index contributed by atoms with van der Waals surface area (Å²) < 4.78 is 113. The molecule has 2 aliphatic carbocycles. The Bertz CT molecular complexity index is 2150. The van der Waals surface area contributed by atoms with Gasteiger partial charge in [0.15, 0.2) is 11.6 Å². The molecule has 6 rings (SSSR count). The lowest BCUT2D eigenvalue weighted by molar-refractivity contribution is -0.244. The summed E-state index contributed by atoms with van der Waals surface area (Å²) in [5.74, 6) is -5.09. The van der Waals surface area contributed by atoms with Crippen molar-refractivity contribution in [3.05, 3.63) is 42.4 Å². The van der Waals surface area contributed by atoms with E-state index in [2.05, 4.69) is 15.6 Å². The third kappa shape index (κ3) is 8.84. The van der Waals surface area contributed by atoms with Crippen molar-refractivity contribution >= 4 is 44.6 Å². The van der Waals surface area contributed by atoms with Crippen LogP contribution in [0.2, 0.25) is 0 Å². The first-order valence-electron chi connectivity index (χ1n) is 19.9. The molecule has 0 unspecified atom stereocenters. The van der Waals surface area contributed by atoms with Crippen LogP contribution in [0.15, 0.2) is 36.5 Å². The lowest BCUT2D eigenvalue weighted by Crippen LogP contribution is -2.60. The van der Waals surface area contributed by atoms with Gasteiger partial charge in [0.1, 0.15) is 35.1 Å². The molecule has 2 aromatic rings. The Morgan fingerprint density at radius 1 is 1.13 bits per heavy atom. The quantitative estimate of drug-likeness (QED) is 0.207. The van der Waals surface area contributed by atoms with Crippen molar-refractivity contribution in [3.63, 3.8) is 0 Å². The van der Waals surface area contributed by atoms with Crippen LogP contribution >= 0.6 is 0 Å². The molecule has 2 aliphatic heterocycles. The molecule has 0 radical (unpaired) electrons. The number of halogens is 5. The number of pyridine rings is 1. The lowest BCUT2D eigenvalue weighted by Gasteiger charge is -2.35. The van der Waals surface area contributed by atoms with Gasteiger partial charge in [0.05, 0.1) is 13.7 Å². The minimum atomic E-state index is -4.96. The molecule has 7 atom stereocenters. The number of benzene rings is 1. The Balaban J connectivity index is 1.38. The molecule has 3 heterocycles. The van der Waals surface area contributed by atoms with Gasteiger partial charge in [-0.25, -0.2) is 27.0 Å². The summed E-state index contributed by atoms with van der Waals surface area (Å²) in [4.78, 5) is 61.9. The second kappa shape index (κ2) is 16.6. The number of alkyl carbamates (subject to hydrolysis) is 1. The number of alkyl halides is 4. The highest BCUT2D eigenvalue weighted by molar-refractivity contribution is 7.91. The van der Waals surface area contributed by atoms with E-state index in [4.69, 9.17) is 14.2 Å². The molecular formula is C40H50F5N5O9S. The zero-order chi connectivity index (χ0) is 44.0. The van der Waals surface area contributed by atoms with Crippen molar-refractivity contribution in [3.8, 4) is 11.6 Å². The topological polar surface area (TPSA) is 182 Å². The zero-order valence-electron chi connectivity index (χ0n) is 33.9. The first kappa shape index (κ1) is 44.8. The zero-order valence-corrected chi connectivity index (χ0v) is 34.7. The molecule has 1 aromatic carbocycles. The van der Waals surface area contributed by atoms with E-state index < -0.39 is 98.4 Å². The number of fused-ring (bicyclic) bond motifs is 3. The van der Waals surface area contributed by atoms with Crippen molar-refractivity contribution in [2.24, 2.45) is 17.8 Å². The van der Waals surface area contributed by atoms with E-state index in [9.17, 15) is 49.5 Å². The average Bonchev–Trinajstić information content (AvgIpc) is 4.08. The second-order valence-corrected chi connectivity index (χ2v) is 18.9. The van der Waals surface area contributed by atoms with Gasteiger partial charge in [-0.3, -0.25) is 19.1 Å². The van der Waals surface area contributed by atoms with E-state index in [0.29, 0.717) is 38.5 Å². The second-order valence-electron chi connectivity index (χ2n) is 16.9. The third-order valence-corrected chi connectivity index (χ3v) is 14.3. The summed E-state index contributed by atoms with van der Waals surface area (Å²) in [5, 5.41) is 5.78. The van der Waals surface area contributed by atoms with Crippen LogP contribution < -0.4 is 24.8 Å². The van der Waals surface area contributed by atoms with E-state index in [1.807, 2.05) is 11.6 Å². The predicted molar refractivity (Wildman–Crippen MR) is 206 cm³/mol. The molecule has 4 aliphatic rings. The van der Waals surface area contributed by atoms with Crippen LogP contribution in [-0.4, -0.2) is 103 Å². The van der Waals surface area contributed by atoms with Gasteiger partial charge in [0, 0.05) is 23.9 Å². The molecule has 2 saturated carbocycles. The van der Waals surface area contributed by atoms with Gasteiger partial charge in [-0.15, -0.1) is 0 Å². The van der Waals surface area contributed by atoms with Crippen LogP contribution in [0.1, 0.15) is 79.1 Å². The molecule has 60 heavy (non-hydrogen) atoms. The number of rotatable bonds is 10. The van der Waals surface area contributed by atoms with Crippen LogP contribution in [0.3, 0.4) is 0 Å². The number of ether oxygens (including phenoxy) is 3. The number of carbonyl (C=O) groups excluding carboxylic acids is 4. The molecule has 14 nitrogen and oxygen atoms in total. The minimum Gasteiger partial charge on any atom is -0.494 e. The van der Waals surface area contributed by atoms with E-state index in [-0.39, 0.29) is 61.6 Å². The van der Waals surface area contributed by atoms with Crippen molar-refractivity contribution in [2.45, 2.75) is 119 Å². The number of carbonyl (C=O) groups is 4. The molecular weight excluding hydrogens is 822 g/mol. The maximum atomic E-state index is 14.9. The molecule has 0 bridgehead atoms. The number of hydrogen-bond acceptors (Lipinski definition) is 10. The summed E-state index contributed by atoms with van der Waals surface area (Å²) in [5.41, 5.74) is -4.74. The van der Waals surface area contributed by atoms with Gasteiger partial charge >= 0.3 is 12.3 Å². The molecule has 3 N–H and O–H groups in total. The SMILES string of the molecule is CC[C@@H]1C[C@H](C)CC/C=C/[C@@H]2C[C@@]2(C(=O)NS(=O)(=O)C2(CF)CC2)NC(=O)[C@@H]2C[C@@H](Oc3nccc4cc(OC)c(F)cc34)CN2C(=O)[C@H]1NC(=O)OC(C)(C)C(F)(F)F. The maximum absolute atomic E-state index is 14.9. The summed E-state index contributed by atoms with van der Waals surface area (Å²) >= 11 is 0. The summed E-state index contributed by atoms with van der Waals surface area (Å²) in [6.07, 6.45) is -1.24. The van der Waals surface area contributed by atoms with Gasteiger partial charge in [-0.05, 0) is 87.8 Å². The number of nitrogens with one attached hydrogen (secondary N) is 3. The maximum Gasteiger partial charge on any atom is 0.427 e. The predicted octanol–water partition coefficient (Wildman–Crippen LogP) is 5.39. The van der Waals surface area contributed by atoms with Gasteiger partial charge in [0.2, 0.25) is 33.3 Å². The van der Waals surface area contributed by atoms with E-state index in [1.165, 1.54) is 19.4 Å². The van der Waals surface area contributed by atoms with Crippen LogP contribution in [0.5, 0.6) is 11.6 Å². The number of aromatic nitrogens is 1. The van der Waals surface area contributed by atoms with Crippen molar-refractivity contribution < 1.29 is 63.8 Å². The normalized spacial score (nSPS) is 28.9. The summed E-state index contributed by atoms with van der Waals surface area (Å²) in [6.45, 7) is 3.43. The Labute approximate surface area is 344 Å². The first-order chi connectivity index (χ1) is 28.1. The number of hydrogen-bond donors (Lipinski definition) is 3. The minimum absolute atomic E-state index is 0.00840. The molecule has 1 aromatic heterocycles. The van der Waals surface area contributed by atoms with Crippen molar-refractivity contribution in [1.82, 2.24) is 25.2 Å². The number of nitrogens with zero attached hydrogens (tertiary/aromatic N) is 2. The number of amides is 4. The molecule has 1 saturated heterocycles. The smallest absolute Gasteiger partial charge is 0.427 e. The standard InChI is InChI=1S/C40H50F5N5O9S/c1-6-23-15-22(2)9-7-8-10-25-19-39(25,35(53)49-60(55,56)38(21-41)12-13-38)48-32(51)29-17-26(58-33-27-18-28(42)30(57-5)16-24(27)11-14-46-33)20-50(29)34(52)31(23)47-36(54)59-37(3,4)40(43,44)45/h8,10-11,14,16,18,22-23,25-26,29,31H,6-7,9,12-13,15,17,19-21H2,1-5H3,(H,47,54)(H,48,51)(H,49,53)/b10-8+/t22-,23-,25-,26-,29+,31+,39-/m1/s1. The van der Waals surface area contributed by atoms with E-state index >= 15 is 0 Å². The fourth-order valence-electron chi connectivity index (χ4n) is 7.97. The fraction of sp³-hybridized carbons (Fsp3) is 0.625. The van der Waals surface area contributed by atoms with Crippen molar-refractivity contribution in [1.29, 1.82) is 0 Å². The van der Waals surface area contributed by atoms with Gasteiger partial charge in [-0.1, -0.05) is 32.4 Å². The molecule has 20 heteroatoms. The highest BCUT2D eigenvalue weighted by atomic mass is 32.2. The molecule has 0 spiro atoms. The number of allylic oxidation sites excluding steroid dienone is 1. The van der Waals surface area contributed by atoms with E-state index in [0.717, 1.165) is 11.0 Å². The van der Waals surface area contributed by atoms with Gasteiger partial charge in [0.25, 0.3) is 5.91 Å². The van der Waals surface area contributed by atoms with Gasteiger partial charge in [-0.2, -0.15) is 13.2 Å².